The van der Waals surface area contributed by atoms with Gasteiger partial charge in [0.05, 0.1) is 6.61 Å². The van der Waals surface area contributed by atoms with Crippen molar-refractivity contribution >= 4 is 11.6 Å². The third-order valence-electron chi connectivity index (χ3n) is 0.823. The summed E-state index contributed by atoms with van der Waals surface area (Å²) < 4.78 is 0. The smallest absolute Gasteiger partial charge is 0.228 e. The zero-order valence-electron chi connectivity index (χ0n) is 5.00. The van der Waals surface area contributed by atoms with Gasteiger partial charge in [0.25, 0.3) is 0 Å². The standard InChI is InChI=1S/C5H8O4/c1-3(7)5(9)4(8)2-6/h4,6,8H,2H2,1H3/i1+2. The molecule has 0 saturated carbocycles. The van der Waals surface area contributed by atoms with Crippen LogP contribution in [0.5, 0.6) is 0 Å². The van der Waals surface area contributed by atoms with E-state index in [2.05, 4.69) is 0 Å². The number of carbonyl (C=O) groups excluding carboxylic acids is 2. The van der Waals surface area contributed by atoms with Gasteiger partial charge >= 0.3 is 0 Å². The van der Waals surface area contributed by atoms with Gasteiger partial charge in [0.2, 0.25) is 5.78 Å². The molecule has 0 aliphatic rings. The van der Waals surface area contributed by atoms with Crippen LogP contribution in [0, 0.1) is 0 Å². The Labute approximate surface area is 52.1 Å². The van der Waals surface area contributed by atoms with Gasteiger partial charge in [-0.2, -0.15) is 0 Å². The fourth-order valence-electron chi connectivity index (χ4n) is 0.318. The Balaban J connectivity index is 3.88. The molecule has 0 spiro atoms. The summed E-state index contributed by atoms with van der Waals surface area (Å²) in [4.78, 5) is 20.4. The Morgan fingerprint density at radius 1 is 1.56 bits per heavy atom. The molecule has 0 aliphatic heterocycles. The third kappa shape index (κ3) is 2.34. The molecule has 0 saturated heterocycles. The summed E-state index contributed by atoms with van der Waals surface area (Å²) in [5.41, 5.74) is 0. The van der Waals surface area contributed by atoms with E-state index in [9.17, 15) is 9.59 Å². The second-order valence-electron chi connectivity index (χ2n) is 1.62. The van der Waals surface area contributed by atoms with E-state index >= 15 is 0 Å². The minimum absolute atomic E-state index is 0.696. The molecular formula is C5H8O4. The number of carbonyl (C=O) groups is 2. The fourth-order valence-corrected chi connectivity index (χ4v) is 0.318. The van der Waals surface area contributed by atoms with Crippen LogP contribution >= 0.6 is 0 Å². The maximum atomic E-state index is 10.3. The monoisotopic (exact) mass is 134 g/mol. The van der Waals surface area contributed by atoms with E-state index in [0.717, 1.165) is 6.92 Å². The van der Waals surface area contributed by atoms with Crippen molar-refractivity contribution in [1.29, 1.82) is 0 Å². The minimum Gasteiger partial charge on any atom is -0.393 e. The SMILES string of the molecule is [14CH3]C(=O)C(=O)C(O)CO. The Bertz CT molecular complexity index is 129. The number of Topliss-reactive ketones (excluding diaryl/α,β-unsaturated/α-hetero) is 2. The summed E-state index contributed by atoms with van der Waals surface area (Å²) in [6, 6.07) is 0. The van der Waals surface area contributed by atoms with Gasteiger partial charge in [0.15, 0.2) is 5.78 Å². The van der Waals surface area contributed by atoms with Crippen LogP contribution in [0.4, 0.5) is 0 Å². The lowest BCUT2D eigenvalue weighted by atomic mass is 10.2. The summed E-state index contributed by atoms with van der Waals surface area (Å²) in [5, 5.41) is 16.6. The molecule has 0 aromatic heterocycles. The van der Waals surface area contributed by atoms with Crippen LogP contribution in [-0.4, -0.2) is 34.5 Å². The van der Waals surface area contributed by atoms with Crippen LogP contribution < -0.4 is 0 Å². The zero-order chi connectivity index (χ0) is 7.44. The van der Waals surface area contributed by atoms with Gasteiger partial charge in [-0.3, -0.25) is 9.59 Å². The van der Waals surface area contributed by atoms with Crippen LogP contribution in [0.2, 0.25) is 0 Å². The van der Waals surface area contributed by atoms with Gasteiger partial charge in [-0.15, -0.1) is 0 Å². The van der Waals surface area contributed by atoms with E-state index in [1.807, 2.05) is 0 Å². The van der Waals surface area contributed by atoms with Crippen LogP contribution in [0.25, 0.3) is 0 Å². The van der Waals surface area contributed by atoms with Crippen molar-refractivity contribution in [3.63, 3.8) is 0 Å². The lowest BCUT2D eigenvalue weighted by molar-refractivity contribution is -0.141. The molecule has 0 fully saturated rings. The van der Waals surface area contributed by atoms with E-state index in [1.54, 1.807) is 0 Å². The maximum absolute atomic E-state index is 10.3. The Morgan fingerprint density at radius 2 is 2.00 bits per heavy atom. The number of ketones is 2. The van der Waals surface area contributed by atoms with Gasteiger partial charge in [0, 0.05) is 6.92 Å². The van der Waals surface area contributed by atoms with E-state index in [1.165, 1.54) is 0 Å². The molecule has 0 aliphatic carbocycles. The van der Waals surface area contributed by atoms with Crippen molar-refractivity contribution < 1.29 is 19.8 Å². The minimum atomic E-state index is -1.54. The first-order valence-corrected chi connectivity index (χ1v) is 2.43. The predicted octanol–water partition coefficient (Wildman–Crippen LogP) is -1.50. The number of aliphatic hydroxyl groups excluding tert-OH is 2. The normalized spacial score (nSPS) is 12.8. The predicted molar refractivity (Wildman–Crippen MR) is 28.8 cm³/mol. The highest BCUT2D eigenvalue weighted by molar-refractivity contribution is 6.37. The molecule has 9 heavy (non-hydrogen) atoms. The molecule has 0 bridgehead atoms. The molecule has 0 heterocycles. The van der Waals surface area contributed by atoms with Crippen molar-refractivity contribution in [3.8, 4) is 0 Å². The number of hydrogen-bond acceptors (Lipinski definition) is 4. The summed E-state index contributed by atoms with van der Waals surface area (Å²) >= 11 is 0. The van der Waals surface area contributed by atoms with Crippen molar-refractivity contribution in [3.05, 3.63) is 0 Å². The molecule has 0 rings (SSSR count). The Morgan fingerprint density at radius 3 is 2.11 bits per heavy atom. The average molecular weight is 134 g/mol. The highest BCUT2D eigenvalue weighted by atomic mass is 16.3. The van der Waals surface area contributed by atoms with Crippen LogP contribution in [0.3, 0.4) is 0 Å². The molecule has 4 heteroatoms. The maximum Gasteiger partial charge on any atom is 0.228 e. The highest BCUT2D eigenvalue weighted by Gasteiger charge is 2.17. The number of rotatable bonds is 3. The first kappa shape index (κ1) is 8.26. The second-order valence-corrected chi connectivity index (χ2v) is 1.62. The molecular weight excluding hydrogens is 126 g/mol. The molecule has 2 N–H and O–H groups in total. The first-order chi connectivity index (χ1) is 4.09. The average Bonchev–Trinajstić information content (AvgIpc) is 1.84. The summed E-state index contributed by atoms with van der Waals surface area (Å²) in [5.74, 6) is -1.69. The van der Waals surface area contributed by atoms with Crippen molar-refractivity contribution in [2.45, 2.75) is 13.0 Å². The molecule has 0 radical (unpaired) electrons. The molecule has 1 unspecified atom stereocenters. The van der Waals surface area contributed by atoms with Crippen LogP contribution in [-0.2, 0) is 9.59 Å². The highest BCUT2D eigenvalue weighted by Crippen LogP contribution is 1.84. The topological polar surface area (TPSA) is 74.6 Å². The zero-order valence-corrected chi connectivity index (χ0v) is 5.00. The summed E-state index contributed by atoms with van der Waals surface area (Å²) in [7, 11) is 0. The third-order valence-corrected chi connectivity index (χ3v) is 0.823. The van der Waals surface area contributed by atoms with Crippen LogP contribution in [0.1, 0.15) is 6.92 Å². The van der Waals surface area contributed by atoms with E-state index < -0.39 is 24.3 Å². The van der Waals surface area contributed by atoms with Gasteiger partial charge in [-0.1, -0.05) is 0 Å². The quantitative estimate of drug-likeness (QED) is 0.460. The Kier molecular flexibility index (Phi) is 3.05. The van der Waals surface area contributed by atoms with Gasteiger partial charge in [-0.25, -0.2) is 0 Å². The van der Waals surface area contributed by atoms with Crippen molar-refractivity contribution in [2.75, 3.05) is 6.61 Å². The lowest BCUT2D eigenvalue weighted by Crippen LogP contribution is -2.29. The first-order valence-electron chi connectivity index (χ1n) is 2.43. The summed E-state index contributed by atoms with van der Waals surface area (Å²) in [6.07, 6.45) is -1.54. The molecule has 0 amide bonds. The summed E-state index contributed by atoms with van der Waals surface area (Å²) in [6.45, 7) is 0.347. The largest absolute Gasteiger partial charge is 0.393 e. The van der Waals surface area contributed by atoms with E-state index in [0.29, 0.717) is 0 Å². The number of aliphatic hydroxyl groups is 2. The van der Waals surface area contributed by atoms with E-state index in [-0.39, 0.29) is 0 Å². The van der Waals surface area contributed by atoms with Gasteiger partial charge in [0.1, 0.15) is 6.10 Å². The number of hydrogen-bond donors (Lipinski definition) is 2. The molecule has 0 aromatic carbocycles. The lowest BCUT2D eigenvalue weighted by Gasteiger charge is -1.99. The fraction of sp³-hybridized carbons (Fsp3) is 0.600. The molecule has 1 atom stereocenters. The van der Waals surface area contributed by atoms with Crippen molar-refractivity contribution in [1.82, 2.24) is 0 Å². The Hall–Kier alpha value is -0.740. The van der Waals surface area contributed by atoms with Gasteiger partial charge < -0.3 is 10.2 Å². The van der Waals surface area contributed by atoms with E-state index in [4.69, 9.17) is 10.2 Å². The van der Waals surface area contributed by atoms with Crippen molar-refractivity contribution in [2.24, 2.45) is 0 Å². The van der Waals surface area contributed by atoms with Crippen LogP contribution in [0.15, 0.2) is 0 Å². The second kappa shape index (κ2) is 3.32. The molecule has 52 valence electrons. The molecule has 4 nitrogen and oxygen atoms in total. The molecule has 0 aromatic rings. The van der Waals surface area contributed by atoms with Gasteiger partial charge in [-0.05, 0) is 0 Å².